The van der Waals surface area contributed by atoms with Crippen LogP contribution in [0.15, 0.2) is 94.5 Å². The van der Waals surface area contributed by atoms with Crippen molar-refractivity contribution in [2.75, 3.05) is 0 Å². The molecule has 0 fully saturated rings. The molecule has 0 saturated heterocycles. The Morgan fingerprint density at radius 3 is 2.55 bits per heavy atom. The molecule has 0 aromatic heterocycles. The van der Waals surface area contributed by atoms with Gasteiger partial charge in [-0.1, -0.05) is 76.1 Å². The van der Waals surface area contributed by atoms with Gasteiger partial charge in [-0.2, -0.15) is 5.10 Å². The summed E-state index contributed by atoms with van der Waals surface area (Å²) in [5.41, 5.74) is 4.36. The van der Waals surface area contributed by atoms with Gasteiger partial charge >= 0.3 is 0 Å². The summed E-state index contributed by atoms with van der Waals surface area (Å²) in [6, 6.07) is 29.1. The lowest BCUT2D eigenvalue weighted by molar-refractivity contribution is -0.0190. The van der Waals surface area contributed by atoms with Crippen LogP contribution in [0.1, 0.15) is 35.4 Å². The lowest BCUT2D eigenvalue weighted by Crippen LogP contribution is -2.33. The second-order valence-electron chi connectivity index (χ2n) is 7.91. The fourth-order valence-electron chi connectivity index (χ4n) is 4.45. The van der Waals surface area contributed by atoms with Gasteiger partial charge in [0.25, 0.3) is 0 Å². The van der Waals surface area contributed by atoms with Crippen LogP contribution in [-0.2, 0) is 0 Å². The molecule has 0 unspecified atom stereocenters. The van der Waals surface area contributed by atoms with E-state index in [1.54, 1.807) is 0 Å². The van der Waals surface area contributed by atoms with Crippen molar-refractivity contribution >= 4 is 44.0 Å². The summed E-state index contributed by atoms with van der Waals surface area (Å²) in [7, 11) is 0. The van der Waals surface area contributed by atoms with Gasteiger partial charge in [-0.05, 0) is 52.7 Å². The van der Waals surface area contributed by atoms with Gasteiger partial charge in [0.05, 0.1) is 11.8 Å². The van der Waals surface area contributed by atoms with Crippen molar-refractivity contribution in [3.05, 3.63) is 111 Å². The highest BCUT2D eigenvalue weighted by Gasteiger charge is 2.41. The monoisotopic (exact) mass is 488 g/mol. The van der Waals surface area contributed by atoms with Crippen LogP contribution >= 0.6 is 27.5 Å². The lowest BCUT2D eigenvalue weighted by atomic mass is 9.95. The number of ether oxygens (including phenoxy) is 1. The van der Waals surface area contributed by atoms with E-state index in [1.807, 2.05) is 30.3 Å². The second kappa shape index (κ2) is 7.40. The van der Waals surface area contributed by atoms with E-state index in [4.69, 9.17) is 21.4 Å². The first-order valence-electron chi connectivity index (χ1n) is 10.2. The number of hydrogen-bond donors (Lipinski definition) is 0. The third-order valence-corrected chi connectivity index (χ3v) is 6.75. The molecule has 0 radical (unpaired) electrons. The Balaban J connectivity index is 1.45. The zero-order valence-corrected chi connectivity index (χ0v) is 18.8. The van der Waals surface area contributed by atoms with Crippen molar-refractivity contribution in [2.24, 2.45) is 5.10 Å². The summed E-state index contributed by atoms with van der Waals surface area (Å²) in [6.45, 7) is 0. The molecular weight excluding hydrogens is 472 g/mol. The van der Waals surface area contributed by atoms with Crippen molar-refractivity contribution in [3.8, 4) is 5.75 Å². The topological polar surface area (TPSA) is 24.8 Å². The molecule has 0 N–H and O–H groups in total. The minimum absolute atomic E-state index is 0.0811. The first-order chi connectivity index (χ1) is 15.2. The summed E-state index contributed by atoms with van der Waals surface area (Å²) >= 11 is 9.86. The maximum absolute atomic E-state index is 6.43. The molecule has 0 spiro atoms. The maximum atomic E-state index is 6.43. The van der Waals surface area contributed by atoms with E-state index < -0.39 is 0 Å². The van der Waals surface area contributed by atoms with Crippen LogP contribution in [-0.4, -0.2) is 10.7 Å². The molecule has 2 atom stereocenters. The Kier molecular flexibility index (Phi) is 4.51. The van der Waals surface area contributed by atoms with E-state index in [1.165, 1.54) is 10.8 Å². The van der Waals surface area contributed by atoms with Crippen molar-refractivity contribution in [1.82, 2.24) is 5.01 Å². The molecule has 152 valence electrons. The van der Waals surface area contributed by atoms with Crippen LogP contribution < -0.4 is 4.74 Å². The highest BCUT2D eigenvalue weighted by atomic mass is 79.9. The van der Waals surface area contributed by atoms with E-state index in [-0.39, 0.29) is 12.3 Å². The second-order valence-corrected chi connectivity index (χ2v) is 9.26. The summed E-state index contributed by atoms with van der Waals surface area (Å²) in [5, 5.41) is 10.3. The number of fused-ring (bicyclic) bond motifs is 4. The highest BCUT2D eigenvalue weighted by Crippen LogP contribution is 2.48. The Morgan fingerprint density at radius 1 is 0.903 bits per heavy atom. The summed E-state index contributed by atoms with van der Waals surface area (Å²) in [4.78, 5) is 0. The predicted molar refractivity (Wildman–Crippen MR) is 129 cm³/mol. The van der Waals surface area contributed by atoms with E-state index in [9.17, 15) is 0 Å². The van der Waals surface area contributed by atoms with E-state index in [2.05, 4.69) is 75.5 Å². The maximum Gasteiger partial charge on any atom is 0.213 e. The van der Waals surface area contributed by atoms with Crippen molar-refractivity contribution in [3.63, 3.8) is 0 Å². The molecule has 0 saturated carbocycles. The SMILES string of the molecule is Clc1ccc2c(c1)[C@@H]1CC(c3ccc4ccccc4c3)=NN1[C@@H](c1ccc(Br)cc1)O2. The van der Waals surface area contributed by atoms with Gasteiger partial charge in [0.15, 0.2) is 0 Å². The van der Waals surface area contributed by atoms with Crippen LogP contribution in [0.5, 0.6) is 5.75 Å². The largest absolute Gasteiger partial charge is 0.464 e. The van der Waals surface area contributed by atoms with Crippen LogP contribution in [0.3, 0.4) is 0 Å². The molecular formula is C26H18BrClN2O. The number of hydrazone groups is 1. The molecule has 2 aliphatic heterocycles. The Labute approximate surface area is 194 Å². The smallest absolute Gasteiger partial charge is 0.213 e. The third kappa shape index (κ3) is 3.31. The first-order valence-corrected chi connectivity index (χ1v) is 11.4. The van der Waals surface area contributed by atoms with Crippen LogP contribution in [0.4, 0.5) is 0 Å². The minimum atomic E-state index is -0.287. The van der Waals surface area contributed by atoms with Crippen LogP contribution in [0, 0.1) is 0 Å². The van der Waals surface area contributed by atoms with Gasteiger partial charge in [0.1, 0.15) is 5.75 Å². The number of nitrogens with zero attached hydrogens (tertiary/aromatic N) is 2. The van der Waals surface area contributed by atoms with E-state index in [0.29, 0.717) is 5.02 Å². The molecule has 0 amide bonds. The first kappa shape index (κ1) is 18.9. The number of benzene rings is 4. The van der Waals surface area contributed by atoms with Crippen LogP contribution in [0.25, 0.3) is 10.8 Å². The summed E-state index contributed by atoms with van der Waals surface area (Å²) < 4.78 is 7.47. The van der Waals surface area contributed by atoms with E-state index >= 15 is 0 Å². The van der Waals surface area contributed by atoms with Gasteiger partial charge < -0.3 is 4.74 Å². The van der Waals surface area contributed by atoms with E-state index in [0.717, 1.165) is 39.0 Å². The molecule has 2 heterocycles. The normalized spacial score (nSPS) is 19.5. The van der Waals surface area contributed by atoms with Crippen LogP contribution in [0.2, 0.25) is 5.02 Å². The molecule has 4 aromatic rings. The van der Waals surface area contributed by atoms with Crippen molar-refractivity contribution in [1.29, 1.82) is 0 Å². The zero-order valence-electron chi connectivity index (χ0n) is 16.5. The Hall–Kier alpha value is -2.82. The van der Waals surface area contributed by atoms with Gasteiger partial charge in [-0.25, -0.2) is 5.01 Å². The summed E-state index contributed by atoms with van der Waals surface area (Å²) in [6.07, 6.45) is 0.520. The Morgan fingerprint density at radius 2 is 1.71 bits per heavy atom. The lowest BCUT2D eigenvalue weighted by Gasteiger charge is -2.38. The van der Waals surface area contributed by atoms with Crippen molar-refractivity contribution in [2.45, 2.75) is 18.7 Å². The number of rotatable bonds is 2. The fraction of sp³-hybridized carbons (Fsp3) is 0.115. The molecule has 4 aromatic carbocycles. The summed E-state index contributed by atoms with van der Waals surface area (Å²) in [5.74, 6) is 0.869. The average molecular weight is 490 g/mol. The van der Waals surface area contributed by atoms with Gasteiger partial charge in [0.2, 0.25) is 6.23 Å². The molecule has 2 aliphatic rings. The number of hydrogen-bond acceptors (Lipinski definition) is 3. The molecule has 3 nitrogen and oxygen atoms in total. The molecule has 6 rings (SSSR count). The van der Waals surface area contributed by atoms with Gasteiger partial charge in [-0.15, -0.1) is 0 Å². The van der Waals surface area contributed by atoms with Gasteiger partial charge in [0, 0.05) is 27.0 Å². The average Bonchev–Trinajstić information content (AvgIpc) is 3.25. The quantitative estimate of drug-likeness (QED) is 0.291. The standard InChI is InChI=1S/C26H18BrClN2O/c27-20-9-7-17(8-10-20)26-30-24(22-14-21(28)11-12-25(22)31-26)15-23(29-30)19-6-5-16-3-1-2-4-18(16)13-19/h1-14,24,26H,15H2/t24-,26+/m0/s1. The Bertz CT molecular complexity index is 1340. The molecule has 31 heavy (non-hydrogen) atoms. The van der Waals surface area contributed by atoms with Crippen molar-refractivity contribution < 1.29 is 4.74 Å². The van der Waals surface area contributed by atoms with Gasteiger partial charge in [-0.3, -0.25) is 0 Å². The minimum Gasteiger partial charge on any atom is -0.464 e. The zero-order chi connectivity index (χ0) is 20.9. The molecule has 5 heteroatoms. The fourth-order valence-corrected chi connectivity index (χ4v) is 4.89. The molecule has 0 aliphatic carbocycles. The molecule has 0 bridgehead atoms. The predicted octanol–water partition coefficient (Wildman–Crippen LogP) is 7.50. The third-order valence-electron chi connectivity index (χ3n) is 5.99. The number of halogens is 2. The highest BCUT2D eigenvalue weighted by molar-refractivity contribution is 9.10.